The summed E-state index contributed by atoms with van der Waals surface area (Å²) in [6.07, 6.45) is 6.61. The second kappa shape index (κ2) is 9.22. The first kappa shape index (κ1) is 16.3. The average molecular weight is 273 g/mol. The first-order valence-electron chi connectivity index (χ1n) is 7.73. The van der Waals surface area contributed by atoms with Gasteiger partial charge in [0.25, 0.3) is 0 Å². The zero-order valence-electron chi connectivity index (χ0n) is 12.5. The van der Waals surface area contributed by atoms with E-state index >= 15 is 0 Å². The predicted octanol–water partition coefficient (Wildman–Crippen LogP) is 3.36. The van der Waals surface area contributed by atoms with E-state index in [0.29, 0.717) is 0 Å². The maximum atomic E-state index is 5.70. The number of rotatable bonds is 8. The zero-order valence-corrected chi connectivity index (χ0v) is 13.3. The molecule has 108 valence electrons. The van der Waals surface area contributed by atoms with Crippen LogP contribution in [0.1, 0.15) is 52.9 Å². The lowest BCUT2D eigenvalue weighted by Crippen LogP contribution is -2.40. The Morgan fingerprint density at radius 1 is 1.17 bits per heavy atom. The summed E-state index contributed by atoms with van der Waals surface area (Å²) >= 11 is 2.14. The smallest absolute Gasteiger partial charge is 0.0149 e. The van der Waals surface area contributed by atoms with Gasteiger partial charge in [0.15, 0.2) is 0 Å². The van der Waals surface area contributed by atoms with Gasteiger partial charge in [-0.15, -0.1) is 0 Å². The SMILES string of the molecule is CCCC(CCN)CCCN1CC(C)SC(C)C1. The molecule has 2 N–H and O–H groups in total. The number of thioether (sulfide) groups is 1. The maximum Gasteiger partial charge on any atom is 0.0149 e. The Morgan fingerprint density at radius 2 is 1.83 bits per heavy atom. The monoisotopic (exact) mass is 272 g/mol. The largest absolute Gasteiger partial charge is 0.330 e. The highest BCUT2D eigenvalue weighted by atomic mass is 32.2. The molecule has 3 atom stereocenters. The van der Waals surface area contributed by atoms with Crippen molar-refractivity contribution in [2.45, 2.75) is 63.4 Å². The molecular formula is C15H32N2S. The Bertz CT molecular complexity index is 195. The molecule has 0 aromatic carbocycles. The van der Waals surface area contributed by atoms with Crippen LogP contribution in [-0.2, 0) is 0 Å². The fourth-order valence-corrected chi connectivity index (χ4v) is 4.53. The molecule has 1 heterocycles. The van der Waals surface area contributed by atoms with Gasteiger partial charge < -0.3 is 10.6 Å². The molecule has 1 fully saturated rings. The Hall–Kier alpha value is 0.270. The summed E-state index contributed by atoms with van der Waals surface area (Å²) in [5.74, 6) is 0.869. The van der Waals surface area contributed by atoms with Crippen molar-refractivity contribution in [2.75, 3.05) is 26.2 Å². The van der Waals surface area contributed by atoms with E-state index in [-0.39, 0.29) is 0 Å². The van der Waals surface area contributed by atoms with Crippen LogP contribution in [0.25, 0.3) is 0 Å². The van der Waals surface area contributed by atoms with Crippen molar-refractivity contribution in [2.24, 2.45) is 11.7 Å². The number of nitrogens with zero attached hydrogens (tertiary/aromatic N) is 1. The van der Waals surface area contributed by atoms with E-state index in [0.717, 1.165) is 23.0 Å². The van der Waals surface area contributed by atoms with Crippen LogP contribution in [-0.4, -0.2) is 41.6 Å². The quantitative estimate of drug-likeness (QED) is 0.734. The van der Waals surface area contributed by atoms with Crippen molar-refractivity contribution in [3.05, 3.63) is 0 Å². The third-order valence-electron chi connectivity index (χ3n) is 3.85. The van der Waals surface area contributed by atoms with Crippen LogP contribution in [0.3, 0.4) is 0 Å². The molecule has 0 aromatic heterocycles. The van der Waals surface area contributed by atoms with Gasteiger partial charge in [-0.05, 0) is 38.3 Å². The molecule has 0 saturated carbocycles. The lowest BCUT2D eigenvalue weighted by molar-refractivity contribution is 0.254. The van der Waals surface area contributed by atoms with Crippen molar-refractivity contribution >= 4 is 11.8 Å². The molecule has 0 aliphatic carbocycles. The van der Waals surface area contributed by atoms with Crippen LogP contribution in [0.2, 0.25) is 0 Å². The second-order valence-electron chi connectivity index (χ2n) is 5.89. The van der Waals surface area contributed by atoms with Crippen LogP contribution in [0.5, 0.6) is 0 Å². The topological polar surface area (TPSA) is 29.3 Å². The maximum absolute atomic E-state index is 5.70. The standard InChI is InChI=1S/C15H32N2S/c1-4-6-15(8-9-16)7-5-10-17-11-13(2)18-14(3)12-17/h13-15H,4-12,16H2,1-3H3. The van der Waals surface area contributed by atoms with Crippen LogP contribution >= 0.6 is 11.8 Å². The Kier molecular flexibility index (Phi) is 8.36. The molecular weight excluding hydrogens is 240 g/mol. The van der Waals surface area contributed by atoms with Gasteiger partial charge in [-0.1, -0.05) is 33.6 Å². The first-order valence-corrected chi connectivity index (χ1v) is 8.67. The van der Waals surface area contributed by atoms with E-state index in [1.165, 1.54) is 51.7 Å². The summed E-state index contributed by atoms with van der Waals surface area (Å²) in [7, 11) is 0. The van der Waals surface area contributed by atoms with Gasteiger partial charge in [0.05, 0.1) is 0 Å². The van der Waals surface area contributed by atoms with Crippen molar-refractivity contribution < 1.29 is 0 Å². The fourth-order valence-electron chi connectivity index (χ4n) is 3.15. The van der Waals surface area contributed by atoms with E-state index in [4.69, 9.17) is 5.73 Å². The molecule has 3 unspecified atom stereocenters. The number of nitrogens with two attached hydrogens (primary N) is 1. The molecule has 0 aromatic rings. The molecule has 1 aliphatic rings. The molecule has 0 amide bonds. The molecule has 0 spiro atoms. The van der Waals surface area contributed by atoms with E-state index in [2.05, 4.69) is 37.4 Å². The minimum atomic E-state index is 0.809. The van der Waals surface area contributed by atoms with Crippen molar-refractivity contribution in [3.63, 3.8) is 0 Å². The summed E-state index contributed by atoms with van der Waals surface area (Å²) in [4.78, 5) is 2.66. The van der Waals surface area contributed by atoms with Gasteiger partial charge in [0.2, 0.25) is 0 Å². The van der Waals surface area contributed by atoms with E-state index in [9.17, 15) is 0 Å². The van der Waals surface area contributed by atoms with Crippen LogP contribution in [0, 0.1) is 5.92 Å². The van der Waals surface area contributed by atoms with Crippen LogP contribution in [0.4, 0.5) is 0 Å². The minimum absolute atomic E-state index is 0.809. The summed E-state index contributed by atoms with van der Waals surface area (Å²) < 4.78 is 0. The summed E-state index contributed by atoms with van der Waals surface area (Å²) in [5, 5.41) is 1.62. The molecule has 3 heteroatoms. The van der Waals surface area contributed by atoms with Gasteiger partial charge in [-0.3, -0.25) is 0 Å². The molecule has 0 bridgehead atoms. The molecule has 18 heavy (non-hydrogen) atoms. The Balaban J connectivity index is 2.18. The first-order chi connectivity index (χ1) is 8.65. The molecule has 1 rings (SSSR count). The summed E-state index contributed by atoms with van der Waals surface area (Å²) in [6.45, 7) is 11.7. The van der Waals surface area contributed by atoms with E-state index in [1.807, 2.05) is 0 Å². The summed E-state index contributed by atoms with van der Waals surface area (Å²) in [6, 6.07) is 0. The lowest BCUT2D eigenvalue weighted by atomic mass is 9.94. The zero-order chi connectivity index (χ0) is 13.4. The summed E-state index contributed by atoms with van der Waals surface area (Å²) in [5.41, 5.74) is 5.70. The van der Waals surface area contributed by atoms with Crippen molar-refractivity contribution in [1.82, 2.24) is 4.90 Å². The average Bonchev–Trinajstić information content (AvgIpc) is 2.28. The Morgan fingerprint density at radius 3 is 2.39 bits per heavy atom. The highest BCUT2D eigenvalue weighted by Crippen LogP contribution is 2.25. The van der Waals surface area contributed by atoms with Gasteiger partial charge in [0.1, 0.15) is 0 Å². The van der Waals surface area contributed by atoms with Gasteiger partial charge in [-0.2, -0.15) is 11.8 Å². The van der Waals surface area contributed by atoms with Gasteiger partial charge in [-0.25, -0.2) is 0 Å². The van der Waals surface area contributed by atoms with E-state index in [1.54, 1.807) is 0 Å². The highest BCUT2D eigenvalue weighted by Gasteiger charge is 2.21. The fraction of sp³-hybridized carbons (Fsp3) is 1.00. The molecule has 1 saturated heterocycles. The van der Waals surface area contributed by atoms with Gasteiger partial charge in [0, 0.05) is 23.6 Å². The lowest BCUT2D eigenvalue weighted by Gasteiger charge is -2.34. The minimum Gasteiger partial charge on any atom is -0.330 e. The molecule has 2 nitrogen and oxygen atoms in total. The van der Waals surface area contributed by atoms with Gasteiger partial charge >= 0.3 is 0 Å². The van der Waals surface area contributed by atoms with Crippen LogP contribution in [0.15, 0.2) is 0 Å². The molecule has 1 aliphatic heterocycles. The second-order valence-corrected chi connectivity index (χ2v) is 7.77. The predicted molar refractivity (Wildman–Crippen MR) is 84.3 cm³/mol. The third-order valence-corrected chi connectivity index (χ3v) is 5.08. The van der Waals surface area contributed by atoms with Crippen molar-refractivity contribution in [1.29, 1.82) is 0 Å². The third kappa shape index (κ3) is 6.44. The normalized spacial score (nSPS) is 27.3. The highest BCUT2D eigenvalue weighted by molar-refractivity contribution is 8.00. The number of hydrogen-bond acceptors (Lipinski definition) is 3. The van der Waals surface area contributed by atoms with Crippen molar-refractivity contribution in [3.8, 4) is 0 Å². The Labute approximate surface area is 118 Å². The molecule has 0 radical (unpaired) electrons. The van der Waals surface area contributed by atoms with E-state index < -0.39 is 0 Å². The van der Waals surface area contributed by atoms with Crippen LogP contribution < -0.4 is 5.73 Å². The number of hydrogen-bond donors (Lipinski definition) is 1.